The highest BCUT2D eigenvalue weighted by atomic mass is 19.1. The molecule has 11 heteroatoms. The van der Waals surface area contributed by atoms with E-state index in [1.807, 2.05) is 0 Å². The zero-order chi connectivity index (χ0) is 21.1. The van der Waals surface area contributed by atoms with Crippen LogP contribution in [0.2, 0.25) is 0 Å². The lowest BCUT2D eigenvalue weighted by atomic mass is 9.66. The number of amides is 2. The first-order chi connectivity index (χ1) is 14.5. The molecular weight excluding hydrogens is 393 g/mol. The monoisotopic (exact) mass is 411 g/mol. The highest BCUT2D eigenvalue weighted by molar-refractivity contribution is 6.01. The van der Waals surface area contributed by atoms with Gasteiger partial charge >= 0.3 is 6.01 Å². The molecule has 0 aromatic carbocycles. The van der Waals surface area contributed by atoms with Crippen molar-refractivity contribution in [1.82, 2.24) is 20.2 Å². The molecule has 0 bridgehead atoms. The van der Waals surface area contributed by atoms with E-state index in [9.17, 15) is 14.0 Å². The van der Waals surface area contributed by atoms with Crippen LogP contribution in [0.4, 0.5) is 16.2 Å². The summed E-state index contributed by atoms with van der Waals surface area (Å²) in [5, 5.41) is 13.4. The second-order valence-corrected chi connectivity index (χ2v) is 6.98. The molecule has 0 radical (unpaired) electrons. The molecule has 3 heterocycles. The van der Waals surface area contributed by atoms with Crippen LogP contribution in [0.15, 0.2) is 41.1 Å². The van der Waals surface area contributed by atoms with Gasteiger partial charge in [-0.05, 0) is 37.1 Å². The van der Waals surface area contributed by atoms with E-state index in [1.54, 1.807) is 18.3 Å². The molecule has 10 nitrogen and oxygen atoms in total. The first-order valence-electron chi connectivity index (χ1n) is 9.22. The highest BCUT2D eigenvalue weighted by Gasteiger charge is 2.41. The Kier molecular flexibility index (Phi) is 5.09. The number of pyridine rings is 1. The van der Waals surface area contributed by atoms with Gasteiger partial charge in [-0.3, -0.25) is 19.9 Å². The highest BCUT2D eigenvalue weighted by Crippen LogP contribution is 2.43. The summed E-state index contributed by atoms with van der Waals surface area (Å²) in [6.07, 6.45) is 5.28. The number of hydrogen-bond donors (Lipinski definition) is 3. The number of halogens is 1. The summed E-state index contributed by atoms with van der Waals surface area (Å²) in [6, 6.07) is 5.86. The largest absolute Gasteiger partial charge is 0.431 e. The lowest BCUT2D eigenvalue weighted by Gasteiger charge is -2.41. The molecule has 154 valence electrons. The van der Waals surface area contributed by atoms with Crippen molar-refractivity contribution >= 4 is 23.6 Å². The maximum absolute atomic E-state index is 14.2. The second kappa shape index (κ2) is 7.85. The molecule has 0 unspecified atom stereocenters. The Balaban J connectivity index is 1.39. The number of oxazole rings is 1. The molecule has 0 atom stereocenters. The standard InChI is InChI=1S/C19H18FN7O3/c20-11-3-1-8-22-15(11)19(6-2-7-19)10-23-14-5-4-12(26-27-14)17(29)25-18-24-13(9-30-18)16(21)28/h1,3-5,8-9H,2,6-7,10H2,(H2,21,28)(H,23,27)(H,24,25,29). The van der Waals surface area contributed by atoms with E-state index in [0.29, 0.717) is 18.1 Å². The van der Waals surface area contributed by atoms with Crippen molar-refractivity contribution < 1.29 is 18.4 Å². The average molecular weight is 411 g/mol. The van der Waals surface area contributed by atoms with Gasteiger partial charge in [0.25, 0.3) is 11.8 Å². The minimum Gasteiger partial charge on any atom is -0.431 e. The van der Waals surface area contributed by atoms with E-state index in [0.717, 1.165) is 25.5 Å². The summed E-state index contributed by atoms with van der Waals surface area (Å²) in [5.74, 6) is -1.26. The van der Waals surface area contributed by atoms with E-state index in [1.165, 1.54) is 12.1 Å². The molecule has 2 amide bonds. The number of carbonyl (C=O) groups excluding carboxylic acids is 2. The van der Waals surface area contributed by atoms with Crippen LogP contribution in [0, 0.1) is 5.82 Å². The lowest BCUT2D eigenvalue weighted by Crippen LogP contribution is -2.42. The van der Waals surface area contributed by atoms with E-state index < -0.39 is 11.8 Å². The number of rotatable bonds is 7. The van der Waals surface area contributed by atoms with Gasteiger partial charge in [0, 0.05) is 18.2 Å². The Morgan fingerprint density at radius 3 is 2.63 bits per heavy atom. The van der Waals surface area contributed by atoms with Crippen LogP contribution in [-0.4, -0.2) is 38.5 Å². The Labute approximate surface area is 170 Å². The van der Waals surface area contributed by atoms with Crippen LogP contribution >= 0.6 is 0 Å². The number of anilines is 2. The second-order valence-electron chi connectivity index (χ2n) is 6.98. The summed E-state index contributed by atoms with van der Waals surface area (Å²) < 4.78 is 19.1. The number of nitrogens with zero attached hydrogens (tertiary/aromatic N) is 4. The number of carbonyl (C=O) groups is 2. The van der Waals surface area contributed by atoms with Gasteiger partial charge in [-0.15, -0.1) is 10.2 Å². The fraction of sp³-hybridized carbons (Fsp3) is 0.263. The SMILES string of the molecule is NC(=O)c1coc(NC(=O)c2ccc(NCC3(c4ncccc4F)CCC3)nn2)n1. The Morgan fingerprint density at radius 1 is 1.20 bits per heavy atom. The van der Waals surface area contributed by atoms with Gasteiger partial charge in [-0.2, -0.15) is 4.98 Å². The molecule has 1 aliphatic rings. The van der Waals surface area contributed by atoms with Gasteiger partial charge in [0.2, 0.25) is 0 Å². The van der Waals surface area contributed by atoms with Crippen LogP contribution in [-0.2, 0) is 5.41 Å². The number of nitrogens with one attached hydrogen (secondary N) is 2. The van der Waals surface area contributed by atoms with Crippen LogP contribution < -0.4 is 16.4 Å². The summed E-state index contributed by atoms with van der Waals surface area (Å²) in [5.41, 5.74) is 5.06. The van der Waals surface area contributed by atoms with Crippen LogP contribution in [0.3, 0.4) is 0 Å². The smallest absolute Gasteiger partial charge is 0.302 e. The van der Waals surface area contributed by atoms with Crippen molar-refractivity contribution in [2.75, 3.05) is 17.2 Å². The van der Waals surface area contributed by atoms with Crippen LogP contribution in [0.1, 0.15) is 45.9 Å². The maximum atomic E-state index is 14.2. The van der Waals surface area contributed by atoms with Crippen molar-refractivity contribution in [3.05, 3.63) is 59.6 Å². The third-order valence-corrected chi connectivity index (χ3v) is 5.05. The predicted molar refractivity (Wildman–Crippen MR) is 103 cm³/mol. The number of hydrogen-bond acceptors (Lipinski definition) is 8. The normalized spacial score (nSPS) is 14.6. The summed E-state index contributed by atoms with van der Waals surface area (Å²) in [4.78, 5) is 31.2. The molecule has 1 saturated carbocycles. The summed E-state index contributed by atoms with van der Waals surface area (Å²) >= 11 is 0. The Hall–Kier alpha value is -3.89. The molecular formula is C19H18FN7O3. The molecule has 0 spiro atoms. The fourth-order valence-electron chi connectivity index (χ4n) is 3.29. The van der Waals surface area contributed by atoms with E-state index in [-0.39, 0.29) is 28.6 Å². The molecule has 0 aliphatic heterocycles. The molecule has 4 rings (SSSR count). The first-order valence-corrected chi connectivity index (χ1v) is 9.22. The van der Waals surface area contributed by atoms with Crippen molar-refractivity contribution in [3.63, 3.8) is 0 Å². The van der Waals surface area contributed by atoms with Crippen molar-refractivity contribution in [2.45, 2.75) is 24.7 Å². The van der Waals surface area contributed by atoms with E-state index in [2.05, 4.69) is 30.8 Å². The van der Waals surface area contributed by atoms with E-state index in [4.69, 9.17) is 10.2 Å². The molecule has 0 saturated heterocycles. The minimum atomic E-state index is -0.774. The van der Waals surface area contributed by atoms with Crippen molar-refractivity contribution in [3.8, 4) is 0 Å². The predicted octanol–water partition coefficient (Wildman–Crippen LogP) is 1.88. The Bertz CT molecular complexity index is 1080. The number of primary amides is 1. The molecule has 3 aromatic heterocycles. The van der Waals surface area contributed by atoms with Crippen molar-refractivity contribution in [2.24, 2.45) is 5.73 Å². The Morgan fingerprint density at radius 2 is 2.03 bits per heavy atom. The van der Waals surface area contributed by atoms with Gasteiger partial charge in [0.1, 0.15) is 17.9 Å². The number of aromatic nitrogens is 4. The molecule has 4 N–H and O–H groups in total. The molecule has 30 heavy (non-hydrogen) atoms. The minimum absolute atomic E-state index is 0.0218. The van der Waals surface area contributed by atoms with Crippen molar-refractivity contribution in [1.29, 1.82) is 0 Å². The third-order valence-electron chi connectivity index (χ3n) is 5.05. The van der Waals surface area contributed by atoms with Gasteiger partial charge in [-0.25, -0.2) is 4.39 Å². The first kappa shape index (κ1) is 19.4. The lowest BCUT2D eigenvalue weighted by molar-refractivity contribution is 0.0991. The number of nitrogens with two attached hydrogens (primary N) is 1. The summed E-state index contributed by atoms with van der Waals surface area (Å²) in [6.45, 7) is 0.452. The van der Waals surface area contributed by atoms with Crippen LogP contribution in [0.5, 0.6) is 0 Å². The topological polar surface area (TPSA) is 149 Å². The van der Waals surface area contributed by atoms with Gasteiger partial charge in [-0.1, -0.05) is 6.42 Å². The van der Waals surface area contributed by atoms with Gasteiger partial charge < -0.3 is 15.5 Å². The average Bonchev–Trinajstić information content (AvgIpc) is 3.17. The quantitative estimate of drug-likeness (QED) is 0.533. The van der Waals surface area contributed by atoms with Crippen LogP contribution in [0.25, 0.3) is 0 Å². The third kappa shape index (κ3) is 3.81. The molecule has 1 fully saturated rings. The molecule has 3 aromatic rings. The maximum Gasteiger partial charge on any atom is 0.302 e. The molecule has 1 aliphatic carbocycles. The zero-order valence-corrected chi connectivity index (χ0v) is 15.8. The van der Waals surface area contributed by atoms with E-state index >= 15 is 0 Å². The summed E-state index contributed by atoms with van der Waals surface area (Å²) in [7, 11) is 0. The van der Waals surface area contributed by atoms with Gasteiger partial charge in [0.05, 0.1) is 5.69 Å². The fourth-order valence-corrected chi connectivity index (χ4v) is 3.29. The van der Waals surface area contributed by atoms with Gasteiger partial charge in [0.15, 0.2) is 11.4 Å². The zero-order valence-electron chi connectivity index (χ0n) is 15.8.